The molecule has 0 spiro atoms. The quantitative estimate of drug-likeness (QED) is 0.552. The monoisotopic (exact) mass is 214 g/mol. The van der Waals surface area contributed by atoms with Crippen molar-refractivity contribution in [3.05, 3.63) is 23.5 Å². The van der Waals surface area contributed by atoms with Crippen molar-refractivity contribution in [2.75, 3.05) is 21.0 Å². The van der Waals surface area contributed by atoms with E-state index in [-0.39, 0.29) is 23.9 Å². The average molecular weight is 214 g/mol. The number of benzene rings is 1. The second-order valence-electron chi connectivity index (χ2n) is 2.69. The lowest BCUT2D eigenvalue weighted by Crippen LogP contribution is -2.02. The summed E-state index contributed by atoms with van der Waals surface area (Å²) in [6, 6.07) is 2.36. The van der Waals surface area contributed by atoms with Gasteiger partial charge in [-0.25, -0.2) is 4.39 Å². The average Bonchev–Trinajstić information content (AvgIpc) is 2.26. The number of methoxy groups -OCH3 is 2. The van der Waals surface area contributed by atoms with Gasteiger partial charge in [-0.05, 0) is 6.07 Å². The van der Waals surface area contributed by atoms with E-state index in [9.17, 15) is 9.18 Å². The SMILES string of the molecule is COCOc1cc(F)c(C=O)cc1OC. The third-order valence-electron chi connectivity index (χ3n) is 1.74. The Kier molecular flexibility index (Phi) is 4.05. The first-order valence-corrected chi connectivity index (χ1v) is 4.17. The van der Waals surface area contributed by atoms with E-state index < -0.39 is 5.82 Å². The summed E-state index contributed by atoms with van der Waals surface area (Å²) in [7, 11) is 2.85. The zero-order valence-corrected chi connectivity index (χ0v) is 8.45. The summed E-state index contributed by atoms with van der Waals surface area (Å²) >= 11 is 0. The molecule has 0 aliphatic rings. The molecule has 0 unspecified atom stereocenters. The van der Waals surface area contributed by atoms with E-state index in [2.05, 4.69) is 4.74 Å². The van der Waals surface area contributed by atoms with Crippen molar-refractivity contribution < 1.29 is 23.4 Å². The van der Waals surface area contributed by atoms with Crippen molar-refractivity contribution in [1.82, 2.24) is 0 Å². The van der Waals surface area contributed by atoms with Gasteiger partial charge in [-0.15, -0.1) is 0 Å². The Morgan fingerprint density at radius 3 is 2.60 bits per heavy atom. The summed E-state index contributed by atoms with van der Waals surface area (Å²) in [6.07, 6.45) is 0.415. The number of carbonyl (C=O) groups excluding carboxylic acids is 1. The van der Waals surface area contributed by atoms with Crippen LogP contribution in [0, 0.1) is 5.82 Å². The lowest BCUT2D eigenvalue weighted by Gasteiger charge is -2.10. The van der Waals surface area contributed by atoms with E-state index in [4.69, 9.17) is 9.47 Å². The van der Waals surface area contributed by atoms with Gasteiger partial charge in [-0.3, -0.25) is 4.79 Å². The first-order valence-electron chi connectivity index (χ1n) is 4.17. The molecule has 0 atom stereocenters. The fraction of sp³-hybridized carbons (Fsp3) is 0.300. The van der Waals surface area contributed by atoms with Gasteiger partial charge in [0.2, 0.25) is 0 Å². The Labute approximate surface area is 86.6 Å². The molecular weight excluding hydrogens is 203 g/mol. The molecule has 0 aliphatic heterocycles. The van der Waals surface area contributed by atoms with Gasteiger partial charge in [0.15, 0.2) is 24.6 Å². The number of ether oxygens (including phenoxy) is 3. The highest BCUT2D eigenvalue weighted by molar-refractivity contribution is 5.76. The van der Waals surface area contributed by atoms with Crippen LogP contribution in [-0.2, 0) is 4.74 Å². The van der Waals surface area contributed by atoms with Crippen molar-refractivity contribution in [3.63, 3.8) is 0 Å². The smallest absolute Gasteiger partial charge is 0.188 e. The Balaban J connectivity index is 3.03. The summed E-state index contributed by atoms with van der Waals surface area (Å²) in [6.45, 7) is -0.0176. The standard InChI is InChI=1S/C10H11FO4/c1-13-6-15-10-4-8(11)7(5-12)3-9(10)14-2/h3-5H,6H2,1-2H3. The number of hydrogen-bond donors (Lipinski definition) is 0. The maximum Gasteiger partial charge on any atom is 0.188 e. The van der Waals surface area contributed by atoms with E-state index >= 15 is 0 Å². The Bertz CT molecular complexity index is 352. The van der Waals surface area contributed by atoms with Gasteiger partial charge in [0.1, 0.15) is 5.82 Å². The topological polar surface area (TPSA) is 44.8 Å². The van der Waals surface area contributed by atoms with Gasteiger partial charge in [0.25, 0.3) is 0 Å². The van der Waals surface area contributed by atoms with Crippen LogP contribution in [0.1, 0.15) is 10.4 Å². The third-order valence-corrected chi connectivity index (χ3v) is 1.74. The van der Waals surface area contributed by atoms with Gasteiger partial charge in [0.05, 0.1) is 12.7 Å². The molecule has 82 valence electrons. The van der Waals surface area contributed by atoms with E-state index in [1.54, 1.807) is 0 Å². The second kappa shape index (κ2) is 5.31. The summed E-state index contributed by atoms with van der Waals surface area (Å²) in [5, 5.41) is 0. The minimum Gasteiger partial charge on any atom is -0.493 e. The van der Waals surface area contributed by atoms with Crippen molar-refractivity contribution in [2.24, 2.45) is 0 Å². The van der Waals surface area contributed by atoms with Gasteiger partial charge in [0, 0.05) is 13.2 Å². The molecule has 0 saturated carbocycles. The molecule has 0 aliphatic carbocycles. The van der Waals surface area contributed by atoms with Crippen LogP contribution in [0.3, 0.4) is 0 Å². The minimum atomic E-state index is -0.656. The summed E-state index contributed by atoms with van der Waals surface area (Å²) in [5.41, 5.74) is -0.0726. The highest BCUT2D eigenvalue weighted by atomic mass is 19.1. The van der Waals surface area contributed by atoms with Crippen LogP contribution in [0.15, 0.2) is 12.1 Å². The Morgan fingerprint density at radius 2 is 2.07 bits per heavy atom. The molecule has 1 aromatic rings. The molecule has 1 rings (SSSR count). The molecule has 0 N–H and O–H groups in total. The van der Waals surface area contributed by atoms with Crippen molar-refractivity contribution in [3.8, 4) is 11.5 Å². The summed E-state index contributed by atoms with van der Waals surface area (Å²) in [5.74, 6) is -0.171. The molecule has 4 nitrogen and oxygen atoms in total. The molecule has 5 heteroatoms. The summed E-state index contributed by atoms with van der Waals surface area (Å²) in [4.78, 5) is 10.5. The largest absolute Gasteiger partial charge is 0.493 e. The molecule has 0 heterocycles. The predicted molar refractivity (Wildman–Crippen MR) is 50.8 cm³/mol. The number of rotatable bonds is 5. The Hall–Kier alpha value is -1.62. The molecule has 0 amide bonds. The lowest BCUT2D eigenvalue weighted by atomic mass is 10.2. The molecule has 0 aromatic heterocycles. The van der Waals surface area contributed by atoms with E-state index in [0.717, 1.165) is 6.07 Å². The first-order chi connectivity index (χ1) is 7.22. The van der Waals surface area contributed by atoms with Crippen LogP contribution in [-0.4, -0.2) is 27.3 Å². The molecule has 0 saturated heterocycles. The maximum atomic E-state index is 13.2. The van der Waals surface area contributed by atoms with E-state index in [1.165, 1.54) is 20.3 Å². The Morgan fingerprint density at radius 1 is 1.33 bits per heavy atom. The van der Waals surface area contributed by atoms with Crippen LogP contribution >= 0.6 is 0 Å². The number of hydrogen-bond acceptors (Lipinski definition) is 4. The molecule has 15 heavy (non-hydrogen) atoms. The summed E-state index contributed by atoms with van der Waals surface area (Å²) < 4.78 is 27.8. The normalized spacial score (nSPS) is 9.80. The molecule has 0 bridgehead atoms. The second-order valence-corrected chi connectivity index (χ2v) is 2.69. The van der Waals surface area contributed by atoms with Crippen molar-refractivity contribution in [1.29, 1.82) is 0 Å². The van der Waals surface area contributed by atoms with Gasteiger partial charge < -0.3 is 14.2 Å². The maximum absolute atomic E-state index is 13.2. The number of carbonyl (C=O) groups is 1. The van der Waals surface area contributed by atoms with Crippen LogP contribution in [0.25, 0.3) is 0 Å². The predicted octanol–water partition coefficient (Wildman–Crippen LogP) is 1.63. The highest BCUT2D eigenvalue weighted by Crippen LogP contribution is 2.29. The van der Waals surface area contributed by atoms with Crippen LogP contribution in [0.5, 0.6) is 11.5 Å². The molecule has 0 fully saturated rings. The van der Waals surface area contributed by atoms with Gasteiger partial charge in [-0.1, -0.05) is 0 Å². The molecular formula is C10H11FO4. The van der Waals surface area contributed by atoms with Crippen LogP contribution in [0.2, 0.25) is 0 Å². The van der Waals surface area contributed by atoms with Crippen molar-refractivity contribution >= 4 is 6.29 Å². The van der Waals surface area contributed by atoms with Crippen LogP contribution in [0.4, 0.5) is 4.39 Å². The zero-order valence-electron chi connectivity index (χ0n) is 8.45. The number of aldehydes is 1. The van der Waals surface area contributed by atoms with E-state index in [0.29, 0.717) is 6.29 Å². The third kappa shape index (κ3) is 2.66. The highest BCUT2D eigenvalue weighted by Gasteiger charge is 2.10. The lowest BCUT2D eigenvalue weighted by molar-refractivity contribution is 0.0489. The molecule has 0 radical (unpaired) electrons. The fourth-order valence-corrected chi connectivity index (χ4v) is 1.04. The number of halogens is 1. The van der Waals surface area contributed by atoms with Crippen LogP contribution < -0.4 is 9.47 Å². The molecule has 1 aromatic carbocycles. The van der Waals surface area contributed by atoms with Gasteiger partial charge in [-0.2, -0.15) is 0 Å². The zero-order chi connectivity index (χ0) is 11.3. The fourth-order valence-electron chi connectivity index (χ4n) is 1.04. The van der Waals surface area contributed by atoms with Gasteiger partial charge >= 0.3 is 0 Å². The van der Waals surface area contributed by atoms with Crippen molar-refractivity contribution in [2.45, 2.75) is 0 Å². The minimum absolute atomic E-state index is 0.0176. The first kappa shape index (κ1) is 11.5. The van der Waals surface area contributed by atoms with E-state index in [1.807, 2.05) is 0 Å².